The summed E-state index contributed by atoms with van der Waals surface area (Å²) in [5.41, 5.74) is 1.97. The van der Waals surface area contributed by atoms with Gasteiger partial charge in [-0.1, -0.05) is 18.2 Å². The first-order valence-electron chi connectivity index (χ1n) is 9.98. The Morgan fingerprint density at radius 3 is 2.44 bits per heavy atom. The van der Waals surface area contributed by atoms with Crippen molar-refractivity contribution in [2.45, 2.75) is 13.8 Å². The van der Waals surface area contributed by atoms with Crippen LogP contribution < -0.4 is 15.4 Å². The van der Waals surface area contributed by atoms with Gasteiger partial charge < -0.3 is 20.1 Å². The maximum Gasteiger partial charge on any atom is 0.343 e. The van der Waals surface area contributed by atoms with E-state index < -0.39 is 11.9 Å². The molecule has 0 unspecified atom stereocenters. The number of benzene rings is 2. The highest BCUT2D eigenvalue weighted by atomic mass is 16.5. The predicted octanol–water partition coefficient (Wildman–Crippen LogP) is 3.18. The number of carbonyl (C=O) groups is 3. The number of hydrogen-bond donors (Lipinski definition) is 2. The third-order valence-electron chi connectivity index (χ3n) is 4.55. The molecule has 32 heavy (non-hydrogen) atoms. The van der Waals surface area contributed by atoms with Gasteiger partial charge in [0.2, 0.25) is 0 Å². The van der Waals surface area contributed by atoms with Gasteiger partial charge in [-0.15, -0.1) is 0 Å². The highest BCUT2D eigenvalue weighted by Gasteiger charge is 2.19. The van der Waals surface area contributed by atoms with Crippen molar-refractivity contribution in [2.24, 2.45) is 7.05 Å². The van der Waals surface area contributed by atoms with Crippen LogP contribution >= 0.6 is 0 Å². The van der Waals surface area contributed by atoms with Crippen molar-refractivity contribution in [3.05, 3.63) is 71.4 Å². The quantitative estimate of drug-likeness (QED) is 0.525. The number of esters is 1. The number of amides is 2. The van der Waals surface area contributed by atoms with Crippen molar-refractivity contribution in [2.75, 3.05) is 23.8 Å². The lowest BCUT2D eigenvalue weighted by Gasteiger charge is -2.10. The molecule has 0 saturated heterocycles. The van der Waals surface area contributed by atoms with Crippen LogP contribution in [-0.2, 0) is 16.6 Å². The van der Waals surface area contributed by atoms with Crippen LogP contribution in [0.5, 0.6) is 5.75 Å². The molecule has 0 aliphatic carbocycles. The standard InChI is InChI=1S/C23H24N4O5/c1-4-31-23(30)18-13-24-27(3)21(18)26-22(29)16-9-11-17(12-10-16)25-20(28)14-32-19-8-6-5-7-15(19)2/h5-13H,4,14H2,1-3H3,(H,25,28)(H,26,29). The van der Waals surface area contributed by atoms with Crippen LogP contribution in [0.1, 0.15) is 33.2 Å². The van der Waals surface area contributed by atoms with Gasteiger partial charge >= 0.3 is 5.97 Å². The van der Waals surface area contributed by atoms with E-state index in [1.165, 1.54) is 10.9 Å². The molecule has 2 amide bonds. The molecule has 9 heteroatoms. The van der Waals surface area contributed by atoms with E-state index in [1.807, 2.05) is 25.1 Å². The van der Waals surface area contributed by atoms with Crippen molar-refractivity contribution in [3.8, 4) is 5.75 Å². The molecule has 0 aliphatic rings. The van der Waals surface area contributed by atoms with Gasteiger partial charge in [0.25, 0.3) is 11.8 Å². The van der Waals surface area contributed by atoms with Crippen LogP contribution in [0.3, 0.4) is 0 Å². The van der Waals surface area contributed by atoms with Crippen molar-refractivity contribution in [1.82, 2.24) is 9.78 Å². The lowest BCUT2D eigenvalue weighted by molar-refractivity contribution is -0.118. The first kappa shape index (κ1) is 22.5. The van der Waals surface area contributed by atoms with Crippen molar-refractivity contribution in [3.63, 3.8) is 0 Å². The van der Waals surface area contributed by atoms with Gasteiger partial charge in [-0.2, -0.15) is 5.10 Å². The zero-order valence-electron chi connectivity index (χ0n) is 18.0. The summed E-state index contributed by atoms with van der Waals surface area (Å²) >= 11 is 0. The number of carbonyl (C=O) groups excluding carboxylic acids is 3. The minimum absolute atomic E-state index is 0.135. The summed E-state index contributed by atoms with van der Waals surface area (Å²) in [6.45, 7) is 3.68. The number of anilines is 2. The SMILES string of the molecule is CCOC(=O)c1cnn(C)c1NC(=O)c1ccc(NC(=O)COc2ccccc2C)cc1. The van der Waals surface area contributed by atoms with E-state index in [9.17, 15) is 14.4 Å². The fourth-order valence-corrected chi connectivity index (χ4v) is 2.89. The van der Waals surface area contributed by atoms with Gasteiger partial charge in [-0.05, 0) is 49.7 Å². The van der Waals surface area contributed by atoms with Crippen molar-refractivity contribution < 1.29 is 23.9 Å². The van der Waals surface area contributed by atoms with E-state index in [2.05, 4.69) is 15.7 Å². The molecule has 0 atom stereocenters. The molecule has 0 saturated carbocycles. The molecular weight excluding hydrogens is 412 g/mol. The monoisotopic (exact) mass is 436 g/mol. The maximum absolute atomic E-state index is 12.6. The summed E-state index contributed by atoms with van der Waals surface area (Å²) in [5, 5.41) is 9.39. The van der Waals surface area contributed by atoms with Gasteiger partial charge in [-0.25, -0.2) is 4.79 Å². The van der Waals surface area contributed by atoms with Gasteiger partial charge in [0.05, 0.1) is 12.8 Å². The van der Waals surface area contributed by atoms with Gasteiger partial charge in [0, 0.05) is 18.3 Å². The third-order valence-corrected chi connectivity index (χ3v) is 4.55. The fourth-order valence-electron chi connectivity index (χ4n) is 2.89. The summed E-state index contributed by atoms with van der Waals surface area (Å²) < 4.78 is 11.9. The Labute approximate surface area is 185 Å². The summed E-state index contributed by atoms with van der Waals surface area (Å²) in [6, 6.07) is 13.8. The molecular formula is C23H24N4O5. The summed E-state index contributed by atoms with van der Waals surface area (Å²) in [4.78, 5) is 36.8. The molecule has 2 aromatic carbocycles. The Morgan fingerprint density at radius 2 is 1.75 bits per heavy atom. The smallest absolute Gasteiger partial charge is 0.343 e. The van der Waals surface area contributed by atoms with E-state index in [-0.39, 0.29) is 30.5 Å². The Hall–Kier alpha value is -4.14. The van der Waals surface area contributed by atoms with E-state index in [0.717, 1.165) is 5.56 Å². The molecule has 3 aromatic rings. The minimum Gasteiger partial charge on any atom is -0.483 e. The molecule has 0 aliphatic heterocycles. The van der Waals surface area contributed by atoms with Crippen LogP contribution in [0.15, 0.2) is 54.7 Å². The largest absolute Gasteiger partial charge is 0.483 e. The lowest BCUT2D eigenvalue weighted by atomic mass is 10.2. The van der Waals surface area contributed by atoms with Gasteiger partial charge in [-0.3, -0.25) is 14.3 Å². The normalized spacial score (nSPS) is 10.3. The number of hydrogen-bond acceptors (Lipinski definition) is 6. The third kappa shape index (κ3) is 5.51. The number of ether oxygens (including phenoxy) is 2. The predicted molar refractivity (Wildman–Crippen MR) is 119 cm³/mol. The fraction of sp³-hybridized carbons (Fsp3) is 0.217. The Balaban J connectivity index is 1.59. The molecule has 9 nitrogen and oxygen atoms in total. The first-order chi connectivity index (χ1) is 15.4. The highest BCUT2D eigenvalue weighted by molar-refractivity contribution is 6.07. The van der Waals surface area contributed by atoms with Crippen LogP contribution in [-0.4, -0.2) is 40.8 Å². The minimum atomic E-state index is -0.568. The van der Waals surface area contributed by atoms with Gasteiger partial charge in [0.15, 0.2) is 6.61 Å². The first-order valence-corrected chi connectivity index (χ1v) is 9.98. The van der Waals surface area contributed by atoms with E-state index in [0.29, 0.717) is 17.0 Å². The highest BCUT2D eigenvalue weighted by Crippen LogP contribution is 2.18. The Bertz CT molecular complexity index is 1120. The molecule has 0 spiro atoms. The Morgan fingerprint density at radius 1 is 1.03 bits per heavy atom. The number of nitrogens with zero attached hydrogens (tertiary/aromatic N) is 2. The molecule has 0 radical (unpaired) electrons. The molecule has 0 fully saturated rings. The number of rotatable bonds is 8. The van der Waals surface area contributed by atoms with Gasteiger partial charge in [0.1, 0.15) is 17.1 Å². The second-order valence-electron chi connectivity index (χ2n) is 6.88. The van der Waals surface area contributed by atoms with E-state index >= 15 is 0 Å². The number of para-hydroxylation sites is 1. The van der Waals surface area contributed by atoms with Crippen molar-refractivity contribution in [1.29, 1.82) is 0 Å². The average molecular weight is 436 g/mol. The molecule has 1 heterocycles. The molecule has 0 bridgehead atoms. The molecule has 3 rings (SSSR count). The number of aryl methyl sites for hydroxylation is 2. The Kier molecular flexibility index (Phi) is 7.22. The summed E-state index contributed by atoms with van der Waals surface area (Å²) in [5.74, 6) is -0.438. The van der Waals surface area contributed by atoms with Crippen LogP contribution in [0, 0.1) is 6.92 Å². The summed E-state index contributed by atoms with van der Waals surface area (Å²) in [7, 11) is 1.61. The molecule has 1 aromatic heterocycles. The average Bonchev–Trinajstić information content (AvgIpc) is 3.14. The second-order valence-corrected chi connectivity index (χ2v) is 6.88. The zero-order chi connectivity index (χ0) is 23.1. The van der Waals surface area contributed by atoms with Crippen LogP contribution in [0.25, 0.3) is 0 Å². The number of nitrogens with one attached hydrogen (secondary N) is 2. The second kappa shape index (κ2) is 10.3. The topological polar surface area (TPSA) is 112 Å². The van der Waals surface area contributed by atoms with Crippen LogP contribution in [0.4, 0.5) is 11.5 Å². The maximum atomic E-state index is 12.6. The zero-order valence-corrected chi connectivity index (χ0v) is 18.0. The molecule has 166 valence electrons. The van der Waals surface area contributed by atoms with E-state index in [4.69, 9.17) is 9.47 Å². The summed E-state index contributed by atoms with van der Waals surface area (Å²) in [6.07, 6.45) is 1.34. The molecule has 2 N–H and O–H groups in total. The van der Waals surface area contributed by atoms with E-state index in [1.54, 1.807) is 44.3 Å². The van der Waals surface area contributed by atoms with Crippen molar-refractivity contribution >= 4 is 29.3 Å². The van der Waals surface area contributed by atoms with Crippen LogP contribution in [0.2, 0.25) is 0 Å². The lowest BCUT2D eigenvalue weighted by Crippen LogP contribution is -2.20. The number of aromatic nitrogens is 2.